The normalized spacial score (nSPS) is 15.4. The number of likely N-dealkylation sites (N-methyl/N-ethyl adjacent to an activating group) is 1. The van der Waals surface area contributed by atoms with Crippen molar-refractivity contribution in [1.29, 1.82) is 5.26 Å². The van der Waals surface area contributed by atoms with Crippen molar-refractivity contribution in [1.82, 2.24) is 14.8 Å². The van der Waals surface area contributed by atoms with Crippen LogP contribution in [0.2, 0.25) is 0 Å². The summed E-state index contributed by atoms with van der Waals surface area (Å²) in [7, 11) is 7.11. The van der Waals surface area contributed by atoms with Crippen LogP contribution < -0.4 is 30.3 Å². The molecule has 3 aromatic rings. The summed E-state index contributed by atoms with van der Waals surface area (Å²) in [6.45, 7) is 5.83. The molecule has 10 heteroatoms. The minimum atomic E-state index is -0.0794. The van der Waals surface area contributed by atoms with Gasteiger partial charge < -0.3 is 34.2 Å². The molecular weight excluding hydrogens is 482 g/mol. The Labute approximate surface area is 222 Å². The van der Waals surface area contributed by atoms with Crippen molar-refractivity contribution in [2.75, 3.05) is 75.2 Å². The van der Waals surface area contributed by atoms with Crippen LogP contribution in [0.3, 0.4) is 0 Å². The average molecular weight is 516 g/mol. The van der Waals surface area contributed by atoms with E-state index in [1.807, 2.05) is 31.2 Å². The number of fused-ring (bicyclic) bond motifs is 2. The first-order valence-corrected chi connectivity index (χ1v) is 12.7. The molecule has 0 bridgehead atoms. The fourth-order valence-electron chi connectivity index (χ4n) is 5.51. The molecule has 5 rings (SSSR count). The third-order valence-electron chi connectivity index (χ3n) is 7.70. The molecule has 0 aliphatic carbocycles. The number of benzene rings is 2. The summed E-state index contributed by atoms with van der Waals surface area (Å²) in [6.07, 6.45) is 0. The molecule has 0 spiro atoms. The van der Waals surface area contributed by atoms with Crippen LogP contribution in [-0.4, -0.2) is 76.0 Å². The summed E-state index contributed by atoms with van der Waals surface area (Å²) < 4.78 is 7.28. The van der Waals surface area contributed by atoms with Gasteiger partial charge in [0.2, 0.25) is 0 Å². The summed E-state index contributed by atoms with van der Waals surface area (Å²) in [5, 5.41) is 13.8. The second-order valence-corrected chi connectivity index (χ2v) is 9.84. The molecule has 198 valence electrons. The summed E-state index contributed by atoms with van der Waals surface area (Å²) in [5.41, 5.74) is 5.79. The van der Waals surface area contributed by atoms with Gasteiger partial charge in [-0.1, -0.05) is 0 Å². The topological polar surface area (TPSA) is 97.1 Å². The molecule has 0 atom stereocenters. The molecule has 2 aromatic carbocycles. The molecule has 0 unspecified atom stereocenters. The van der Waals surface area contributed by atoms with E-state index >= 15 is 0 Å². The highest BCUT2D eigenvalue weighted by Crippen LogP contribution is 2.44. The molecule has 2 amide bonds. The molecule has 10 nitrogen and oxygen atoms in total. The van der Waals surface area contributed by atoms with E-state index in [-0.39, 0.29) is 11.6 Å². The maximum Gasteiger partial charge on any atom is 0.317 e. The Morgan fingerprint density at radius 1 is 0.947 bits per heavy atom. The van der Waals surface area contributed by atoms with E-state index < -0.39 is 0 Å². The van der Waals surface area contributed by atoms with Crippen LogP contribution in [0.4, 0.5) is 27.5 Å². The van der Waals surface area contributed by atoms with E-state index in [2.05, 4.69) is 39.2 Å². The molecule has 0 radical (unpaired) electrons. The standard InChI is InChI=1S/C28H33N7O3/c1-18-12-21-23(32(4)27(18)36)14-20(38-5)15-24(21)35-11-6-31(3)25-16-22(19(17-29)13-26(25)35)33-7-9-34(10-8-33)28(37)30-2/h12-16H,6-11H2,1-5H3,(H,30,37). The third kappa shape index (κ3) is 4.14. The first kappa shape index (κ1) is 25.3. The van der Waals surface area contributed by atoms with Crippen molar-refractivity contribution in [3.05, 3.63) is 51.8 Å². The molecular formula is C28H33N7O3. The molecule has 1 saturated heterocycles. The minimum absolute atomic E-state index is 0.0385. The van der Waals surface area contributed by atoms with Gasteiger partial charge in [-0.3, -0.25) is 4.79 Å². The van der Waals surface area contributed by atoms with Crippen LogP contribution >= 0.6 is 0 Å². The highest BCUT2D eigenvalue weighted by atomic mass is 16.5. The Morgan fingerprint density at radius 3 is 2.34 bits per heavy atom. The second-order valence-electron chi connectivity index (χ2n) is 9.84. The Balaban J connectivity index is 1.62. The largest absolute Gasteiger partial charge is 0.497 e. The molecule has 1 aromatic heterocycles. The van der Waals surface area contributed by atoms with E-state index in [9.17, 15) is 14.9 Å². The zero-order valence-electron chi connectivity index (χ0n) is 22.5. The Hall–Kier alpha value is -4.39. The van der Waals surface area contributed by atoms with Gasteiger partial charge in [0.05, 0.1) is 40.9 Å². The van der Waals surface area contributed by atoms with Crippen LogP contribution in [0.25, 0.3) is 10.9 Å². The van der Waals surface area contributed by atoms with Crippen LogP contribution in [0.15, 0.2) is 35.1 Å². The number of carbonyl (C=O) groups excluding carboxylic acids is 1. The fourth-order valence-corrected chi connectivity index (χ4v) is 5.51. The number of methoxy groups -OCH3 is 1. The number of aromatic nitrogens is 1. The van der Waals surface area contributed by atoms with Crippen LogP contribution in [-0.2, 0) is 7.05 Å². The van der Waals surface area contributed by atoms with Gasteiger partial charge >= 0.3 is 6.03 Å². The number of aryl methyl sites for hydroxylation is 2. The van der Waals surface area contributed by atoms with Gasteiger partial charge in [0.15, 0.2) is 0 Å². The Morgan fingerprint density at radius 2 is 1.68 bits per heavy atom. The van der Waals surface area contributed by atoms with Crippen LogP contribution in [0.5, 0.6) is 5.75 Å². The Kier molecular flexibility index (Phi) is 6.53. The highest BCUT2D eigenvalue weighted by molar-refractivity contribution is 5.98. The van der Waals surface area contributed by atoms with E-state index in [0.717, 1.165) is 40.2 Å². The number of nitrogens with zero attached hydrogens (tertiary/aromatic N) is 6. The van der Waals surface area contributed by atoms with Crippen molar-refractivity contribution in [2.24, 2.45) is 7.05 Å². The van der Waals surface area contributed by atoms with Crippen LogP contribution in [0.1, 0.15) is 11.1 Å². The van der Waals surface area contributed by atoms with E-state index in [0.29, 0.717) is 49.6 Å². The highest BCUT2D eigenvalue weighted by Gasteiger charge is 2.29. The molecule has 2 aliphatic rings. The average Bonchev–Trinajstić information content (AvgIpc) is 2.95. The number of piperazine rings is 1. The number of carbonyl (C=O) groups is 1. The Bertz CT molecular complexity index is 1520. The van der Waals surface area contributed by atoms with Gasteiger partial charge in [-0.2, -0.15) is 5.26 Å². The summed E-state index contributed by atoms with van der Waals surface area (Å²) >= 11 is 0. The quantitative estimate of drug-likeness (QED) is 0.573. The number of amides is 2. The minimum Gasteiger partial charge on any atom is -0.497 e. The number of hydrogen-bond donors (Lipinski definition) is 1. The summed E-state index contributed by atoms with van der Waals surface area (Å²) in [4.78, 5) is 33.1. The van der Waals surface area contributed by atoms with Crippen molar-refractivity contribution in [2.45, 2.75) is 6.92 Å². The predicted octanol–water partition coefficient (Wildman–Crippen LogP) is 2.78. The molecule has 38 heavy (non-hydrogen) atoms. The smallest absolute Gasteiger partial charge is 0.317 e. The first-order chi connectivity index (χ1) is 18.3. The number of ether oxygens (including phenoxy) is 1. The van der Waals surface area contributed by atoms with Gasteiger partial charge in [0.25, 0.3) is 5.56 Å². The number of pyridine rings is 1. The number of nitriles is 1. The molecule has 3 heterocycles. The van der Waals surface area contributed by atoms with E-state index in [1.54, 1.807) is 30.7 Å². The SMILES string of the molecule is CNC(=O)N1CCN(c2cc3c(cc2C#N)N(c2cc(OC)cc4c2cc(C)c(=O)n4C)CCN3C)CC1. The third-order valence-corrected chi connectivity index (χ3v) is 7.70. The predicted molar refractivity (Wildman–Crippen MR) is 150 cm³/mol. The van der Waals surface area contributed by atoms with Gasteiger partial charge in [-0.05, 0) is 25.1 Å². The molecule has 0 saturated carbocycles. The van der Waals surface area contributed by atoms with Crippen molar-refractivity contribution < 1.29 is 9.53 Å². The lowest BCUT2D eigenvalue weighted by Gasteiger charge is -2.40. The lowest BCUT2D eigenvalue weighted by atomic mass is 10.0. The number of anilines is 4. The van der Waals surface area contributed by atoms with Gasteiger partial charge in [-0.15, -0.1) is 0 Å². The second kappa shape index (κ2) is 9.82. The molecule has 1 fully saturated rings. The number of nitrogens with one attached hydrogen (secondary N) is 1. The lowest BCUT2D eigenvalue weighted by molar-refractivity contribution is 0.196. The van der Waals surface area contributed by atoms with Crippen LogP contribution in [0, 0.1) is 18.3 Å². The zero-order chi connectivity index (χ0) is 27.1. The zero-order valence-corrected chi connectivity index (χ0v) is 22.5. The van der Waals surface area contributed by atoms with Gasteiger partial charge in [0, 0.05) is 83.5 Å². The summed E-state index contributed by atoms with van der Waals surface area (Å²) in [5.74, 6) is 0.665. The monoisotopic (exact) mass is 515 g/mol. The number of urea groups is 1. The fraction of sp³-hybridized carbons (Fsp3) is 0.393. The van der Waals surface area contributed by atoms with Crippen molar-refractivity contribution >= 4 is 39.7 Å². The maximum atomic E-state index is 12.7. The molecule has 1 N–H and O–H groups in total. The number of hydrogen-bond acceptors (Lipinski definition) is 7. The maximum absolute atomic E-state index is 12.7. The van der Waals surface area contributed by atoms with E-state index in [1.165, 1.54) is 0 Å². The van der Waals surface area contributed by atoms with Crippen molar-refractivity contribution in [3.63, 3.8) is 0 Å². The number of rotatable bonds is 3. The van der Waals surface area contributed by atoms with Gasteiger partial charge in [-0.25, -0.2) is 4.79 Å². The summed E-state index contributed by atoms with van der Waals surface area (Å²) in [6, 6.07) is 12.2. The van der Waals surface area contributed by atoms with E-state index in [4.69, 9.17) is 4.74 Å². The van der Waals surface area contributed by atoms with Crippen molar-refractivity contribution in [3.8, 4) is 11.8 Å². The first-order valence-electron chi connectivity index (χ1n) is 12.7. The van der Waals surface area contributed by atoms with Gasteiger partial charge in [0.1, 0.15) is 11.8 Å². The lowest BCUT2D eigenvalue weighted by Crippen LogP contribution is -2.51. The molecule has 2 aliphatic heterocycles.